The van der Waals surface area contributed by atoms with Crippen LogP contribution in [0.2, 0.25) is 0 Å². The van der Waals surface area contributed by atoms with Crippen molar-refractivity contribution in [3.05, 3.63) is 148 Å². The Balaban J connectivity index is 0.909. The molecule has 4 aromatic carbocycles. The third-order valence-electron chi connectivity index (χ3n) is 11.3. The molecule has 1 saturated carbocycles. The molecule has 1 fully saturated rings. The second-order valence-electron chi connectivity index (χ2n) is 16.0. The number of ether oxygens (including phenoxy) is 2. The molecule has 69 heavy (non-hydrogen) atoms. The Labute approximate surface area is 401 Å². The van der Waals surface area contributed by atoms with E-state index in [9.17, 15) is 27.4 Å². The van der Waals surface area contributed by atoms with Gasteiger partial charge in [-0.3, -0.25) is 13.8 Å². The van der Waals surface area contributed by atoms with Gasteiger partial charge in [0.1, 0.15) is 51.8 Å². The summed E-state index contributed by atoms with van der Waals surface area (Å²) in [5, 5.41) is 11.9. The van der Waals surface area contributed by atoms with Crippen LogP contribution in [0.25, 0.3) is 11.3 Å². The van der Waals surface area contributed by atoms with Gasteiger partial charge in [-0.25, -0.2) is 42.2 Å². The van der Waals surface area contributed by atoms with Gasteiger partial charge >= 0.3 is 12.1 Å². The van der Waals surface area contributed by atoms with Crippen LogP contribution in [0.4, 0.5) is 38.7 Å². The van der Waals surface area contributed by atoms with Crippen molar-refractivity contribution in [1.82, 2.24) is 25.4 Å². The predicted octanol–water partition coefficient (Wildman–Crippen LogP) is 9.13. The number of amides is 4. The lowest BCUT2D eigenvalue weighted by Crippen LogP contribution is -2.47. The summed E-state index contributed by atoms with van der Waals surface area (Å²) >= 11 is 1.06. The molecule has 5 aromatic rings. The molecule has 4 N–H and O–H groups in total. The van der Waals surface area contributed by atoms with Crippen molar-refractivity contribution in [2.75, 3.05) is 50.7 Å². The van der Waals surface area contributed by atoms with Gasteiger partial charge in [-0.05, 0) is 104 Å². The van der Waals surface area contributed by atoms with Crippen LogP contribution < -0.4 is 21.1 Å². The number of benzene rings is 4. The first kappa shape index (κ1) is 50.0. The number of nitrogen functional groups attached to an aromatic ring is 1. The first-order valence-electron chi connectivity index (χ1n) is 21.6. The topological polar surface area (TPSA) is 191 Å². The number of nitrogens with two attached hydrogens (primary N) is 1. The van der Waals surface area contributed by atoms with Crippen LogP contribution >= 0.6 is 11.8 Å². The number of aromatic nitrogens is 2. The molecule has 2 atom stereocenters. The second kappa shape index (κ2) is 22.1. The highest BCUT2D eigenvalue weighted by atomic mass is 32.2. The zero-order valence-corrected chi connectivity index (χ0v) is 39.4. The van der Waals surface area contributed by atoms with Crippen molar-refractivity contribution < 1.29 is 50.5 Å². The van der Waals surface area contributed by atoms with E-state index in [2.05, 4.69) is 32.3 Å². The van der Waals surface area contributed by atoms with Gasteiger partial charge in [-0.15, -0.1) is 0 Å². The minimum absolute atomic E-state index is 0.0195. The Bertz CT molecular complexity index is 2820. The zero-order valence-electron chi connectivity index (χ0n) is 37.7. The van der Waals surface area contributed by atoms with E-state index in [0.717, 1.165) is 64.5 Å². The number of hydrazone groups is 1. The van der Waals surface area contributed by atoms with Crippen LogP contribution in [0.5, 0.6) is 5.75 Å². The number of carbonyl (C=O) groups is 3. The molecular weight excluding hydrogens is 941 g/mol. The number of carbonyl (C=O) groups excluding carboxylic acids is 3. The second-order valence-corrected chi connectivity index (χ2v) is 18.9. The van der Waals surface area contributed by atoms with Gasteiger partial charge in [0.25, 0.3) is 5.91 Å². The zero-order chi connectivity index (χ0) is 49.4. The molecule has 0 radical (unpaired) electrons. The highest BCUT2D eigenvalue weighted by Gasteiger charge is 2.50. The molecule has 362 valence electrons. The van der Waals surface area contributed by atoms with Crippen molar-refractivity contribution in [3.63, 3.8) is 0 Å². The van der Waals surface area contributed by atoms with E-state index < -0.39 is 57.0 Å². The molecule has 15 nitrogen and oxygen atoms in total. The first-order chi connectivity index (χ1) is 33.1. The molecule has 1 aliphatic heterocycles. The number of hydrogen-bond donors (Lipinski definition) is 3. The Hall–Kier alpha value is -6.84. The number of alkyl carbamates (subject to hydrolysis) is 1. The Morgan fingerprint density at radius 3 is 2.45 bits per heavy atom. The summed E-state index contributed by atoms with van der Waals surface area (Å²) in [7, 11) is 1.01. The summed E-state index contributed by atoms with van der Waals surface area (Å²) in [4.78, 5) is 51.9. The van der Waals surface area contributed by atoms with Crippen molar-refractivity contribution in [3.8, 4) is 17.0 Å². The number of anilines is 2. The van der Waals surface area contributed by atoms with Gasteiger partial charge in [-0.1, -0.05) is 54.7 Å². The summed E-state index contributed by atoms with van der Waals surface area (Å²) < 4.78 is 83.7. The average molecular weight is 989 g/mol. The number of halogens is 4. The molecular formula is C48H48F4N8O7S2. The van der Waals surface area contributed by atoms with Crippen molar-refractivity contribution in [2.24, 2.45) is 5.10 Å². The summed E-state index contributed by atoms with van der Waals surface area (Å²) in [6, 6.07) is 17.9. The van der Waals surface area contributed by atoms with Gasteiger partial charge in [0.15, 0.2) is 11.6 Å². The lowest BCUT2D eigenvalue weighted by Gasteiger charge is -2.37. The minimum atomic E-state index is -1.67. The van der Waals surface area contributed by atoms with Crippen LogP contribution in [0.1, 0.15) is 70.6 Å². The minimum Gasteiger partial charge on any atom is -0.488 e. The van der Waals surface area contributed by atoms with Crippen molar-refractivity contribution >= 4 is 57.1 Å². The number of rotatable bonds is 19. The molecule has 1 unspecified atom stereocenters. The number of nitrogens with one attached hydrogen (secondary N) is 2. The van der Waals surface area contributed by atoms with Crippen LogP contribution in [0.3, 0.4) is 0 Å². The highest BCUT2D eigenvalue weighted by molar-refractivity contribution is 8.15. The number of hydroxylamine groups is 2. The van der Waals surface area contributed by atoms with Gasteiger partial charge in [0, 0.05) is 41.1 Å². The largest absolute Gasteiger partial charge is 0.488 e. The SMILES string of the molecule is C=C(COC(=O)NCCC[C@@]1(c2ccccc2)SC(c2cc(F)ccc2F)=NN1C(=O)N(C)OC)S(=O)CCCOc1c(N)ncnc1-c1cc(F)cc(NC(=O)c2ccc(C3CC3)cc2F)c1C. The lowest BCUT2D eigenvalue weighted by atomic mass is 10.0. The molecule has 7 rings (SSSR count). The van der Waals surface area contributed by atoms with Gasteiger partial charge < -0.3 is 25.8 Å². The maximum absolute atomic E-state index is 15.1. The van der Waals surface area contributed by atoms with Crippen LogP contribution in [0.15, 0.2) is 102 Å². The fraction of sp³-hybridized carbons (Fsp3) is 0.292. The first-order valence-corrected chi connectivity index (χ1v) is 23.8. The predicted molar refractivity (Wildman–Crippen MR) is 254 cm³/mol. The molecule has 2 heterocycles. The van der Waals surface area contributed by atoms with Crippen LogP contribution in [-0.2, 0) is 25.2 Å². The number of thioether (sulfide) groups is 1. The average Bonchev–Trinajstić information content (AvgIpc) is 4.13. The maximum atomic E-state index is 15.1. The fourth-order valence-electron chi connectivity index (χ4n) is 7.40. The molecule has 21 heteroatoms. The molecule has 0 saturated heterocycles. The highest BCUT2D eigenvalue weighted by Crippen LogP contribution is 2.51. The van der Waals surface area contributed by atoms with E-state index in [1.807, 2.05) is 0 Å². The number of urea groups is 1. The van der Waals surface area contributed by atoms with E-state index in [0.29, 0.717) is 17.0 Å². The molecule has 0 bridgehead atoms. The summed E-state index contributed by atoms with van der Waals surface area (Å²) in [5.41, 5.74) is 8.13. The van der Waals surface area contributed by atoms with Crippen LogP contribution in [-0.4, -0.2) is 87.0 Å². The summed E-state index contributed by atoms with van der Waals surface area (Å²) in [6.07, 6.45) is 2.92. The van der Waals surface area contributed by atoms with Crippen molar-refractivity contribution in [2.45, 2.75) is 49.8 Å². The number of hydrogen-bond acceptors (Lipinski definition) is 12. The Morgan fingerprint density at radius 2 is 1.72 bits per heavy atom. The number of nitrogens with zero attached hydrogens (tertiary/aromatic N) is 5. The van der Waals surface area contributed by atoms with E-state index in [-0.39, 0.29) is 94.4 Å². The van der Waals surface area contributed by atoms with E-state index in [4.69, 9.17) is 20.0 Å². The maximum Gasteiger partial charge on any atom is 0.407 e. The van der Waals surface area contributed by atoms with E-state index in [1.165, 1.54) is 38.7 Å². The monoisotopic (exact) mass is 988 g/mol. The van der Waals surface area contributed by atoms with E-state index in [1.54, 1.807) is 43.3 Å². The summed E-state index contributed by atoms with van der Waals surface area (Å²) in [6.45, 7) is 5.09. The Kier molecular flexibility index (Phi) is 16.0. The quantitative estimate of drug-likeness (QED) is 0.0406. The van der Waals surface area contributed by atoms with Gasteiger partial charge in [0.05, 0.1) is 30.1 Å². The molecule has 4 amide bonds. The molecule has 1 aromatic heterocycles. The standard InChI is InChI=1S/C48H48F4N8O7S2/c1-28(26-67-46(62)54-19-8-18-48(32-10-6-5-7-11-32)60(47(63)59(3)65-4)58-45(68-48)37-23-33(49)15-17-38(37)51)69(64)21-9-20-66-42-41(55-27-56-43(42)53)36-24-34(50)25-40(29(36)2)57-44(61)35-16-14-31(22-39(35)52)30-12-13-30/h5-7,10-11,14-17,22-25,27,30H,1,8-9,12-13,18-21,26H2,2-4H3,(H,54,62)(H,57,61)(H2,53,55,56)/t48-,69?/m0/s1. The molecule has 1 aliphatic carbocycles. The smallest absolute Gasteiger partial charge is 0.407 e. The lowest BCUT2D eigenvalue weighted by molar-refractivity contribution is -0.0805. The van der Waals surface area contributed by atoms with E-state index >= 15 is 8.78 Å². The van der Waals surface area contributed by atoms with Gasteiger partial charge in [0.2, 0.25) is 0 Å². The summed E-state index contributed by atoms with van der Waals surface area (Å²) in [5.74, 6) is -3.26. The van der Waals surface area contributed by atoms with Gasteiger partial charge in [-0.2, -0.15) is 10.1 Å². The molecule has 0 spiro atoms. The third kappa shape index (κ3) is 11.7. The Morgan fingerprint density at radius 1 is 0.971 bits per heavy atom. The fourth-order valence-corrected chi connectivity index (χ4v) is 9.67. The van der Waals surface area contributed by atoms with Crippen molar-refractivity contribution in [1.29, 1.82) is 0 Å². The third-order valence-corrected chi connectivity index (χ3v) is 14.1. The molecule has 2 aliphatic rings. The normalized spacial score (nSPS) is 15.8. The van der Waals surface area contributed by atoms with Crippen LogP contribution in [0, 0.1) is 30.2 Å².